The van der Waals surface area contributed by atoms with Crippen LogP contribution >= 0.6 is 11.6 Å². The van der Waals surface area contributed by atoms with E-state index in [0.717, 1.165) is 12.5 Å². The predicted octanol–water partition coefficient (Wildman–Crippen LogP) is 1.81. The highest BCUT2D eigenvalue weighted by atomic mass is 35.5. The van der Waals surface area contributed by atoms with Crippen LogP contribution in [-0.4, -0.2) is 30.2 Å². The zero-order valence-electron chi connectivity index (χ0n) is 9.62. The van der Waals surface area contributed by atoms with E-state index in [0.29, 0.717) is 23.6 Å². The molecule has 3 unspecified atom stereocenters. The maximum absolute atomic E-state index is 6.14. The van der Waals surface area contributed by atoms with Crippen molar-refractivity contribution in [2.24, 2.45) is 5.92 Å². The van der Waals surface area contributed by atoms with Gasteiger partial charge in [0.1, 0.15) is 0 Å². The lowest BCUT2D eigenvalue weighted by molar-refractivity contribution is 0.283. The Kier molecular flexibility index (Phi) is 3.39. The average Bonchev–Trinajstić information content (AvgIpc) is 2.97. The van der Waals surface area contributed by atoms with Gasteiger partial charge in [-0.15, -0.1) is 11.6 Å². The van der Waals surface area contributed by atoms with Crippen molar-refractivity contribution in [3.8, 4) is 0 Å². The Morgan fingerprint density at radius 3 is 2.56 bits per heavy atom. The van der Waals surface area contributed by atoms with E-state index in [1.54, 1.807) is 0 Å². The number of epoxide rings is 1. The first-order valence-corrected chi connectivity index (χ1v) is 7.01. The summed E-state index contributed by atoms with van der Waals surface area (Å²) in [5.41, 5.74) is 6.90. The van der Waals surface area contributed by atoms with Gasteiger partial charge in [-0.2, -0.15) is 0 Å². The fourth-order valence-corrected chi connectivity index (χ4v) is 3.37. The van der Waals surface area contributed by atoms with Crippen molar-refractivity contribution >= 4 is 11.6 Å². The molecule has 1 saturated carbocycles. The third kappa shape index (κ3) is 2.70. The van der Waals surface area contributed by atoms with Gasteiger partial charge in [-0.05, 0) is 44.4 Å². The van der Waals surface area contributed by atoms with E-state index in [1.807, 2.05) is 0 Å². The molecule has 3 atom stereocenters. The Bertz CT molecular complexity index is 239. The third-order valence-corrected chi connectivity index (χ3v) is 4.67. The van der Waals surface area contributed by atoms with Crippen molar-refractivity contribution in [2.75, 3.05) is 6.61 Å². The first kappa shape index (κ1) is 11.3. The van der Waals surface area contributed by atoms with Crippen LogP contribution in [0.2, 0.25) is 0 Å². The standard InChI is InChI=1S/C12H21ClN2O/c13-9-3-1-8(2-4-9)12-6-10(14-15-12)5-11-7-16-11/h8-12,14-15H,1-7H2. The van der Waals surface area contributed by atoms with Gasteiger partial charge in [0, 0.05) is 17.5 Å². The Morgan fingerprint density at radius 1 is 1.12 bits per heavy atom. The summed E-state index contributed by atoms with van der Waals surface area (Å²) in [5.74, 6) is 0.827. The first-order valence-electron chi connectivity index (χ1n) is 6.58. The van der Waals surface area contributed by atoms with Crippen molar-refractivity contribution in [1.82, 2.24) is 10.9 Å². The average molecular weight is 245 g/mol. The lowest BCUT2D eigenvalue weighted by Gasteiger charge is -2.29. The molecule has 2 saturated heterocycles. The van der Waals surface area contributed by atoms with E-state index in [4.69, 9.17) is 16.3 Å². The lowest BCUT2D eigenvalue weighted by Crippen LogP contribution is -2.38. The van der Waals surface area contributed by atoms with Crippen LogP contribution in [0.3, 0.4) is 0 Å². The predicted molar refractivity (Wildman–Crippen MR) is 64.4 cm³/mol. The maximum Gasteiger partial charge on any atom is 0.0825 e. The van der Waals surface area contributed by atoms with Crippen molar-refractivity contribution in [2.45, 2.75) is 62.1 Å². The van der Waals surface area contributed by atoms with Gasteiger partial charge in [0.25, 0.3) is 0 Å². The van der Waals surface area contributed by atoms with Crippen molar-refractivity contribution < 1.29 is 4.74 Å². The number of hydrazine groups is 1. The summed E-state index contributed by atoms with van der Waals surface area (Å²) in [6.45, 7) is 0.972. The Morgan fingerprint density at radius 2 is 1.88 bits per heavy atom. The van der Waals surface area contributed by atoms with Gasteiger partial charge in [-0.3, -0.25) is 10.9 Å². The van der Waals surface area contributed by atoms with Crippen LogP contribution in [0.15, 0.2) is 0 Å². The normalized spacial score (nSPS) is 48.2. The molecule has 2 aliphatic heterocycles. The largest absolute Gasteiger partial charge is 0.373 e. The number of nitrogens with one attached hydrogen (secondary N) is 2. The van der Waals surface area contributed by atoms with E-state index in [-0.39, 0.29) is 0 Å². The second-order valence-electron chi connectivity index (χ2n) is 5.53. The highest BCUT2D eigenvalue weighted by Gasteiger charge is 2.35. The second-order valence-corrected chi connectivity index (χ2v) is 6.15. The fourth-order valence-electron chi connectivity index (χ4n) is 3.12. The van der Waals surface area contributed by atoms with E-state index >= 15 is 0 Å². The topological polar surface area (TPSA) is 36.6 Å². The molecular weight excluding hydrogens is 224 g/mol. The molecule has 3 nitrogen and oxygen atoms in total. The van der Waals surface area contributed by atoms with Gasteiger partial charge in [0.2, 0.25) is 0 Å². The monoisotopic (exact) mass is 244 g/mol. The molecule has 92 valence electrons. The number of halogens is 1. The maximum atomic E-state index is 6.14. The third-order valence-electron chi connectivity index (χ3n) is 4.23. The highest BCUT2D eigenvalue weighted by molar-refractivity contribution is 6.20. The van der Waals surface area contributed by atoms with Crippen LogP contribution in [0.4, 0.5) is 0 Å². The van der Waals surface area contributed by atoms with Crippen LogP contribution in [0.25, 0.3) is 0 Å². The van der Waals surface area contributed by atoms with Crippen molar-refractivity contribution in [1.29, 1.82) is 0 Å². The van der Waals surface area contributed by atoms with E-state index in [2.05, 4.69) is 10.9 Å². The van der Waals surface area contributed by atoms with Crippen molar-refractivity contribution in [3.05, 3.63) is 0 Å². The van der Waals surface area contributed by atoms with Crippen LogP contribution in [-0.2, 0) is 4.74 Å². The van der Waals surface area contributed by atoms with Gasteiger partial charge < -0.3 is 4.74 Å². The summed E-state index contributed by atoms with van der Waals surface area (Å²) in [5, 5.41) is 0.432. The smallest absolute Gasteiger partial charge is 0.0825 e. The van der Waals surface area contributed by atoms with Gasteiger partial charge >= 0.3 is 0 Å². The quantitative estimate of drug-likeness (QED) is 0.587. The van der Waals surface area contributed by atoms with Crippen LogP contribution in [0.5, 0.6) is 0 Å². The van der Waals surface area contributed by atoms with Gasteiger partial charge in [0.15, 0.2) is 0 Å². The zero-order valence-corrected chi connectivity index (χ0v) is 10.4. The Balaban J connectivity index is 1.45. The molecule has 3 fully saturated rings. The first-order chi connectivity index (χ1) is 7.81. The summed E-state index contributed by atoms with van der Waals surface area (Å²) in [6.07, 6.45) is 7.95. The molecule has 4 heteroatoms. The molecule has 1 aliphatic carbocycles. The number of alkyl halides is 1. The fraction of sp³-hybridized carbons (Fsp3) is 1.00. The summed E-state index contributed by atoms with van der Waals surface area (Å²) in [7, 11) is 0. The molecular formula is C12H21ClN2O. The zero-order chi connectivity index (χ0) is 11.0. The minimum atomic E-state index is 0.432. The van der Waals surface area contributed by atoms with Crippen molar-refractivity contribution in [3.63, 3.8) is 0 Å². The second kappa shape index (κ2) is 4.81. The number of hydrogen-bond acceptors (Lipinski definition) is 3. The van der Waals surface area contributed by atoms with Gasteiger partial charge in [-0.25, -0.2) is 0 Å². The lowest BCUT2D eigenvalue weighted by atomic mass is 9.82. The number of rotatable bonds is 3. The molecule has 0 aromatic carbocycles. The van der Waals surface area contributed by atoms with E-state index < -0.39 is 0 Å². The van der Waals surface area contributed by atoms with Crippen LogP contribution in [0, 0.1) is 5.92 Å². The minimum Gasteiger partial charge on any atom is -0.373 e. The molecule has 3 rings (SSSR count). The summed E-state index contributed by atoms with van der Waals surface area (Å²) in [6, 6.07) is 1.28. The summed E-state index contributed by atoms with van der Waals surface area (Å²) < 4.78 is 5.28. The number of hydrogen-bond donors (Lipinski definition) is 2. The molecule has 0 bridgehead atoms. The Labute approximate surface area is 102 Å². The summed E-state index contributed by atoms with van der Waals surface area (Å²) >= 11 is 6.14. The van der Waals surface area contributed by atoms with Gasteiger partial charge in [-0.1, -0.05) is 0 Å². The molecule has 16 heavy (non-hydrogen) atoms. The van der Waals surface area contributed by atoms with Crippen LogP contribution < -0.4 is 10.9 Å². The van der Waals surface area contributed by atoms with E-state index in [1.165, 1.54) is 38.5 Å². The molecule has 2 N–H and O–H groups in total. The molecule has 3 aliphatic rings. The van der Waals surface area contributed by atoms with Gasteiger partial charge in [0.05, 0.1) is 12.7 Å². The van der Waals surface area contributed by atoms with Crippen LogP contribution in [0.1, 0.15) is 38.5 Å². The minimum absolute atomic E-state index is 0.432. The molecule has 0 aromatic rings. The molecule has 2 heterocycles. The molecule has 0 aromatic heterocycles. The molecule has 0 amide bonds. The molecule has 0 spiro atoms. The Hall–Kier alpha value is 0.170. The van der Waals surface area contributed by atoms with E-state index in [9.17, 15) is 0 Å². The highest BCUT2D eigenvalue weighted by Crippen LogP contribution is 2.33. The molecule has 0 radical (unpaired) electrons. The SMILES string of the molecule is ClC1CCC(C2CC(CC3CO3)NN2)CC1. The number of ether oxygens (including phenoxy) is 1. The summed E-state index contributed by atoms with van der Waals surface area (Å²) in [4.78, 5) is 0.